The van der Waals surface area contributed by atoms with Crippen molar-refractivity contribution in [3.8, 4) is 0 Å². The van der Waals surface area contributed by atoms with Crippen molar-refractivity contribution in [1.82, 2.24) is 10.6 Å². The van der Waals surface area contributed by atoms with Gasteiger partial charge in [-0.25, -0.2) is 0 Å². The molecule has 0 atom stereocenters. The van der Waals surface area contributed by atoms with Crippen LogP contribution in [0, 0.1) is 5.41 Å². The first-order chi connectivity index (χ1) is 5.94. The zero-order chi connectivity index (χ0) is 10.5. The number of rotatable bonds is 4. The fourth-order valence-corrected chi connectivity index (χ4v) is 0.799. The summed E-state index contributed by atoms with van der Waals surface area (Å²) in [4.78, 5) is 22.1. The predicted octanol–water partition coefficient (Wildman–Crippen LogP) is 0.0608. The second-order valence-electron chi connectivity index (χ2n) is 3.38. The van der Waals surface area contributed by atoms with E-state index in [-0.39, 0.29) is 11.8 Å². The van der Waals surface area contributed by atoms with E-state index in [1.807, 2.05) is 0 Å². The summed E-state index contributed by atoms with van der Waals surface area (Å²) in [5, 5.41) is 5.10. The first-order valence-electron chi connectivity index (χ1n) is 4.06. The fourth-order valence-electron chi connectivity index (χ4n) is 0.799. The topological polar surface area (TPSA) is 58.2 Å². The maximum atomic E-state index is 11.2. The Kier molecular flexibility index (Phi) is 4.17. The van der Waals surface area contributed by atoms with Gasteiger partial charge in [-0.15, -0.1) is 0 Å². The number of nitrogens with one attached hydrogen (secondary N) is 2. The second kappa shape index (κ2) is 4.64. The van der Waals surface area contributed by atoms with E-state index in [2.05, 4.69) is 17.2 Å². The molecular formula is C9H16N2O2. The molecule has 2 N–H and O–H groups in total. The van der Waals surface area contributed by atoms with Gasteiger partial charge in [-0.3, -0.25) is 9.59 Å². The Morgan fingerprint density at radius 2 is 2.00 bits per heavy atom. The van der Waals surface area contributed by atoms with Gasteiger partial charge in [0.1, 0.15) is 0 Å². The van der Waals surface area contributed by atoms with Crippen molar-refractivity contribution in [2.45, 2.75) is 13.8 Å². The number of amides is 2. The molecule has 0 aliphatic carbocycles. The molecule has 0 aromatic heterocycles. The van der Waals surface area contributed by atoms with Crippen molar-refractivity contribution < 1.29 is 9.59 Å². The molecule has 0 aliphatic heterocycles. The van der Waals surface area contributed by atoms with Gasteiger partial charge in [-0.1, -0.05) is 6.58 Å². The smallest absolute Gasteiger partial charge is 0.243 e. The van der Waals surface area contributed by atoms with E-state index in [4.69, 9.17) is 0 Å². The third kappa shape index (κ3) is 3.73. The molecule has 0 aromatic carbocycles. The van der Waals surface area contributed by atoms with Gasteiger partial charge in [0.2, 0.25) is 11.8 Å². The first-order valence-corrected chi connectivity index (χ1v) is 4.06. The standard InChI is InChI=1S/C9H16N2O2/c1-5-7(12)11-6-9(2,3)8(13)10-4/h5H,1,6H2,2-4H3,(H,10,13)(H,11,12). The summed E-state index contributed by atoms with van der Waals surface area (Å²) in [5.41, 5.74) is -0.590. The summed E-state index contributed by atoms with van der Waals surface area (Å²) < 4.78 is 0. The van der Waals surface area contributed by atoms with E-state index >= 15 is 0 Å². The second-order valence-corrected chi connectivity index (χ2v) is 3.38. The van der Waals surface area contributed by atoms with Crippen LogP contribution in [0.5, 0.6) is 0 Å². The maximum Gasteiger partial charge on any atom is 0.243 e. The highest BCUT2D eigenvalue weighted by molar-refractivity contribution is 5.88. The van der Waals surface area contributed by atoms with Crippen LogP contribution in [0.1, 0.15) is 13.8 Å². The van der Waals surface area contributed by atoms with Gasteiger partial charge >= 0.3 is 0 Å². The minimum Gasteiger partial charge on any atom is -0.359 e. The van der Waals surface area contributed by atoms with Crippen LogP contribution in [-0.4, -0.2) is 25.4 Å². The normalized spacial score (nSPS) is 10.4. The van der Waals surface area contributed by atoms with Gasteiger partial charge in [-0.05, 0) is 19.9 Å². The minimum atomic E-state index is -0.590. The van der Waals surface area contributed by atoms with Crippen molar-refractivity contribution in [3.05, 3.63) is 12.7 Å². The molecule has 0 aliphatic rings. The van der Waals surface area contributed by atoms with Crippen LogP contribution < -0.4 is 10.6 Å². The lowest BCUT2D eigenvalue weighted by Gasteiger charge is -2.22. The molecule has 4 heteroatoms. The van der Waals surface area contributed by atoms with Crippen molar-refractivity contribution >= 4 is 11.8 Å². The lowest BCUT2D eigenvalue weighted by atomic mass is 9.92. The van der Waals surface area contributed by atoms with Crippen molar-refractivity contribution in [3.63, 3.8) is 0 Å². The molecule has 13 heavy (non-hydrogen) atoms. The molecule has 0 spiro atoms. The number of carbonyl (C=O) groups is 2. The van der Waals surface area contributed by atoms with Crippen molar-refractivity contribution in [2.24, 2.45) is 5.41 Å². The van der Waals surface area contributed by atoms with E-state index in [1.54, 1.807) is 20.9 Å². The molecule has 0 saturated carbocycles. The van der Waals surface area contributed by atoms with Crippen LogP contribution in [0.4, 0.5) is 0 Å². The third-order valence-corrected chi connectivity index (χ3v) is 1.73. The van der Waals surface area contributed by atoms with Crippen LogP contribution in [0.15, 0.2) is 12.7 Å². The van der Waals surface area contributed by atoms with Crippen molar-refractivity contribution in [2.75, 3.05) is 13.6 Å². The first kappa shape index (κ1) is 11.7. The Bertz CT molecular complexity index is 222. The molecule has 0 aromatic rings. The van der Waals surface area contributed by atoms with E-state index in [9.17, 15) is 9.59 Å². The Hall–Kier alpha value is -1.32. The molecule has 0 fully saturated rings. The van der Waals surface area contributed by atoms with E-state index in [0.717, 1.165) is 0 Å². The Balaban J connectivity index is 4.10. The SMILES string of the molecule is C=CC(=O)NCC(C)(C)C(=O)NC. The number of hydrogen-bond donors (Lipinski definition) is 2. The number of hydrogen-bond acceptors (Lipinski definition) is 2. The molecule has 0 rings (SSSR count). The summed E-state index contributed by atoms with van der Waals surface area (Å²) >= 11 is 0. The van der Waals surface area contributed by atoms with Gasteiger partial charge in [0.05, 0.1) is 5.41 Å². The van der Waals surface area contributed by atoms with E-state index in [0.29, 0.717) is 6.54 Å². The summed E-state index contributed by atoms with van der Waals surface area (Å²) in [6, 6.07) is 0. The summed E-state index contributed by atoms with van der Waals surface area (Å²) in [5.74, 6) is -0.367. The summed E-state index contributed by atoms with van der Waals surface area (Å²) in [7, 11) is 1.57. The lowest BCUT2D eigenvalue weighted by Crippen LogP contribution is -2.43. The van der Waals surface area contributed by atoms with E-state index in [1.165, 1.54) is 6.08 Å². The summed E-state index contributed by atoms with van der Waals surface area (Å²) in [6.45, 7) is 7.14. The molecule has 74 valence electrons. The van der Waals surface area contributed by atoms with Gasteiger partial charge in [0.25, 0.3) is 0 Å². The largest absolute Gasteiger partial charge is 0.359 e. The molecule has 0 saturated heterocycles. The minimum absolute atomic E-state index is 0.100. The Morgan fingerprint density at radius 1 is 1.46 bits per heavy atom. The highest BCUT2D eigenvalue weighted by Crippen LogP contribution is 2.12. The zero-order valence-corrected chi connectivity index (χ0v) is 8.31. The molecule has 0 radical (unpaired) electrons. The molecule has 0 unspecified atom stereocenters. The van der Waals surface area contributed by atoms with Gasteiger partial charge in [-0.2, -0.15) is 0 Å². The van der Waals surface area contributed by atoms with Crippen LogP contribution in [0.25, 0.3) is 0 Å². The molecular weight excluding hydrogens is 168 g/mol. The van der Waals surface area contributed by atoms with Gasteiger partial charge < -0.3 is 10.6 Å². The van der Waals surface area contributed by atoms with Gasteiger partial charge in [0.15, 0.2) is 0 Å². The summed E-state index contributed by atoms with van der Waals surface area (Å²) in [6.07, 6.45) is 1.18. The molecule has 0 bridgehead atoms. The average Bonchev–Trinajstić information content (AvgIpc) is 2.12. The Labute approximate surface area is 78.4 Å². The highest BCUT2D eigenvalue weighted by Gasteiger charge is 2.26. The van der Waals surface area contributed by atoms with Crippen molar-refractivity contribution in [1.29, 1.82) is 0 Å². The average molecular weight is 184 g/mol. The van der Waals surface area contributed by atoms with Gasteiger partial charge in [0, 0.05) is 13.6 Å². The third-order valence-electron chi connectivity index (χ3n) is 1.73. The fraction of sp³-hybridized carbons (Fsp3) is 0.556. The Morgan fingerprint density at radius 3 is 2.38 bits per heavy atom. The molecule has 2 amide bonds. The van der Waals surface area contributed by atoms with Crippen LogP contribution in [0.2, 0.25) is 0 Å². The molecule has 0 heterocycles. The predicted molar refractivity (Wildman–Crippen MR) is 51.1 cm³/mol. The van der Waals surface area contributed by atoms with Crippen LogP contribution in [0.3, 0.4) is 0 Å². The van der Waals surface area contributed by atoms with Crippen LogP contribution in [-0.2, 0) is 9.59 Å². The maximum absolute atomic E-state index is 11.2. The number of carbonyl (C=O) groups excluding carboxylic acids is 2. The highest BCUT2D eigenvalue weighted by atomic mass is 16.2. The zero-order valence-electron chi connectivity index (χ0n) is 8.31. The molecule has 4 nitrogen and oxygen atoms in total. The van der Waals surface area contributed by atoms with E-state index < -0.39 is 5.41 Å². The monoisotopic (exact) mass is 184 g/mol. The quantitative estimate of drug-likeness (QED) is 0.607. The van der Waals surface area contributed by atoms with Crippen LogP contribution >= 0.6 is 0 Å². The lowest BCUT2D eigenvalue weighted by molar-refractivity contribution is -0.129.